The number of carbonyl (C=O) groups excluding carboxylic acids is 2. The van der Waals surface area contributed by atoms with Crippen LogP contribution >= 0.6 is 0 Å². The SMILES string of the molecule is CCO[C@@H]1C[C@H](NC(=O)[C@@H](C)NC(=O)C2CCC2)C12CCC2. The van der Waals surface area contributed by atoms with Crippen LogP contribution in [-0.4, -0.2) is 36.6 Å². The fourth-order valence-corrected chi connectivity index (χ4v) is 4.00. The van der Waals surface area contributed by atoms with E-state index in [9.17, 15) is 9.59 Å². The zero-order chi connectivity index (χ0) is 15.7. The highest BCUT2D eigenvalue weighted by Crippen LogP contribution is 2.57. The van der Waals surface area contributed by atoms with Crippen LogP contribution < -0.4 is 10.6 Å². The summed E-state index contributed by atoms with van der Waals surface area (Å²) in [5.41, 5.74) is 0.170. The average Bonchev–Trinajstić information content (AvgIpc) is 2.32. The van der Waals surface area contributed by atoms with Gasteiger partial charge in [-0.15, -0.1) is 0 Å². The number of amides is 2. The van der Waals surface area contributed by atoms with Crippen molar-refractivity contribution < 1.29 is 14.3 Å². The van der Waals surface area contributed by atoms with E-state index in [0.717, 1.165) is 45.1 Å². The predicted molar refractivity (Wildman–Crippen MR) is 83.2 cm³/mol. The molecule has 2 N–H and O–H groups in total. The van der Waals surface area contributed by atoms with Gasteiger partial charge in [-0.1, -0.05) is 12.8 Å². The van der Waals surface area contributed by atoms with Gasteiger partial charge in [-0.05, 0) is 46.0 Å². The fraction of sp³-hybridized carbons (Fsp3) is 0.882. The third-order valence-corrected chi connectivity index (χ3v) is 5.98. The summed E-state index contributed by atoms with van der Waals surface area (Å²) in [4.78, 5) is 24.3. The van der Waals surface area contributed by atoms with Gasteiger partial charge in [0.05, 0.1) is 6.10 Å². The standard InChI is InChI=1S/C17H28N2O3/c1-3-22-14-10-13(17(14)8-5-9-17)19-15(20)11(2)18-16(21)12-6-4-7-12/h11-14H,3-10H2,1-2H3,(H,18,21)(H,19,20)/t11-,13+,14-/m1/s1. The van der Waals surface area contributed by atoms with Gasteiger partial charge in [0.1, 0.15) is 6.04 Å². The Kier molecular flexibility index (Phi) is 4.44. The van der Waals surface area contributed by atoms with Gasteiger partial charge in [0.2, 0.25) is 11.8 Å². The topological polar surface area (TPSA) is 67.4 Å². The van der Waals surface area contributed by atoms with E-state index in [-0.39, 0.29) is 29.2 Å². The van der Waals surface area contributed by atoms with E-state index in [1.807, 2.05) is 6.92 Å². The molecule has 0 bridgehead atoms. The zero-order valence-corrected chi connectivity index (χ0v) is 13.7. The maximum atomic E-state index is 12.3. The Morgan fingerprint density at radius 3 is 2.50 bits per heavy atom. The van der Waals surface area contributed by atoms with Crippen LogP contribution in [-0.2, 0) is 14.3 Å². The molecule has 5 nitrogen and oxygen atoms in total. The molecule has 5 heteroatoms. The van der Waals surface area contributed by atoms with Crippen molar-refractivity contribution in [2.45, 2.75) is 77.0 Å². The minimum Gasteiger partial charge on any atom is -0.378 e. The lowest BCUT2D eigenvalue weighted by molar-refractivity contribution is -0.176. The summed E-state index contributed by atoms with van der Waals surface area (Å²) in [5, 5.41) is 6.00. The maximum absolute atomic E-state index is 12.3. The molecule has 2 amide bonds. The molecule has 3 atom stereocenters. The van der Waals surface area contributed by atoms with Crippen molar-refractivity contribution in [1.29, 1.82) is 0 Å². The normalized spacial score (nSPS) is 30.6. The lowest BCUT2D eigenvalue weighted by Crippen LogP contribution is -2.68. The minimum atomic E-state index is -0.448. The summed E-state index contributed by atoms with van der Waals surface area (Å²) < 4.78 is 5.80. The van der Waals surface area contributed by atoms with E-state index >= 15 is 0 Å². The Hall–Kier alpha value is -1.10. The highest BCUT2D eigenvalue weighted by molar-refractivity contribution is 5.88. The van der Waals surface area contributed by atoms with Crippen molar-refractivity contribution in [2.24, 2.45) is 11.3 Å². The predicted octanol–water partition coefficient (Wildman–Crippen LogP) is 1.76. The molecule has 0 aromatic carbocycles. The van der Waals surface area contributed by atoms with Crippen molar-refractivity contribution in [3.8, 4) is 0 Å². The van der Waals surface area contributed by atoms with Gasteiger partial charge >= 0.3 is 0 Å². The van der Waals surface area contributed by atoms with E-state index < -0.39 is 6.04 Å². The molecule has 22 heavy (non-hydrogen) atoms. The molecule has 0 saturated heterocycles. The molecule has 0 radical (unpaired) electrons. The van der Waals surface area contributed by atoms with Crippen LogP contribution in [0.1, 0.15) is 58.8 Å². The molecule has 3 aliphatic rings. The van der Waals surface area contributed by atoms with Gasteiger partial charge in [0.25, 0.3) is 0 Å². The number of carbonyl (C=O) groups is 2. The van der Waals surface area contributed by atoms with Gasteiger partial charge in [-0.2, -0.15) is 0 Å². The molecule has 0 unspecified atom stereocenters. The zero-order valence-electron chi connectivity index (χ0n) is 13.7. The van der Waals surface area contributed by atoms with Gasteiger partial charge < -0.3 is 15.4 Å². The van der Waals surface area contributed by atoms with E-state index in [0.29, 0.717) is 6.10 Å². The number of rotatable bonds is 6. The molecule has 0 aromatic heterocycles. The molecule has 0 aromatic rings. The average molecular weight is 308 g/mol. The second-order valence-corrected chi connectivity index (χ2v) is 7.19. The van der Waals surface area contributed by atoms with Crippen LogP contribution in [0.4, 0.5) is 0 Å². The first-order valence-electron chi connectivity index (χ1n) is 8.79. The summed E-state index contributed by atoms with van der Waals surface area (Å²) in [5.74, 6) is 0.103. The summed E-state index contributed by atoms with van der Waals surface area (Å²) >= 11 is 0. The Labute approximate surface area is 132 Å². The highest BCUT2D eigenvalue weighted by Gasteiger charge is 2.59. The number of hydrogen-bond acceptors (Lipinski definition) is 3. The smallest absolute Gasteiger partial charge is 0.242 e. The van der Waals surface area contributed by atoms with Crippen molar-refractivity contribution in [3.63, 3.8) is 0 Å². The van der Waals surface area contributed by atoms with E-state index in [1.54, 1.807) is 6.92 Å². The maximum Gasteiger partial charge on any atom is 0.242 e. The van der Waals surface area contributed by atoms with Gasteiger partial charge in [0.15, 0.2) is 0 Å². The van der Waals surface area contributed by atoms with Crippen LogP contribution in [0.5, 0.6) is 0 Å². The Bertz CT molecular complexity index is 443. The molecule has 124 valence electrons. The summed E-state index contributed by atoms with van der Waals surface area (Å²) in [6.07, 6.45) is 7.77. The molecule has 1 spiro atoms. The minimum absolute atomic E-state index is 0.0352. The molecular formula is C17H28N2O3. The van der Waals surface area contributed by atoms with Gasteiger partial charge in [0, 0.05) is 24.0 Å². The molecule has 0 heterocycles. The number of hydrogen-bond donors (Lipinski definition) is 2. The lowest BCUT2D eigenvalue weighted by Gasteiger charge is -2.61. The van der Waals surface area contributed by atoms with Crippen molar-refractivity contribution >= 4 is 11.8 Å². The first kappa shape index (κ1) is 15.8. The number of nitrogens with one attached hydrogen (secondary N) is 2. The fourth-order valence-electron chi connectivity index (χ4n) is 4.00. The third kappa shape index (κ3) is 2.64. The molecule has 3 fully saturated rings. The monoisotopic (exact) mass is 308 g/mol. The van der Waals surface area contributed by atoms with Crippen molar-refractivity contribution in [1.82, 2.24) is 10.6 Å². The molecule has 3 saturated carbocycles. The first-order chi connectivity index (χ1) is 10.6. The van der Waals surface area contributed by atoms with Crippen LogP contribution in [0.25, 0.3) is 0 Å². The van der Waals surface area contributed by atoms with E-state index in [1.165, 1.54) is 6.42 Å². The largest absolute Gasteiger partial charge is 0.378 e. The Balaban J connectivity index is 1.48. The summed E-state index contributed by atoms with van der Waals surface area (Å²) in [6, 6.07) is -0.232. The number of ether oxygens (including phenoxy) is 1. The highest BCUT2D eigenvalue weighted by atomic mass is 16.5. The molecule has 3 aliphatic carbocycles. The van der Waals surface area contributed by atoms with E-state index in [2.05, 4.69) is 10.6 Å². The Morgan fingerprint density at radius 2 is 2.00 bits per heavy atom. The first-order valence-corrected chi connectivity index (χ1v) is 8.79. The second kappa shape index (κ2) is 6.19. The molecular weight excluding hydrogens is 280 g/mol. The molecule has 3 rings (SSSR count). The lowest BCUT2D eigenvalue weighted by atomic mass is 9.51. The van der Waals surface area contributed by atoms with Gasteiger partial charge in [-0.25, -0.2) is 0 Å². The van der Waals surface area contributed by atoms with Crippen LogP contribution in [0.15, 0.2) is 0 Å². The second-order valence-electron chi connectivity index (χ2n) is 7.19. The summed E-state index contributed by atoms with van der Waals surface area (Å²) in [6.45, 7) is 4.54. The van der Waals surface area contributed by atoms with E-state index in [4.69, 9.17) is 4.74 Å². The Morgan fingerprint density at radius 1 is 1.27 bits per heavy atom. The summed E-state index contributed by atoms with van der Waals surface area (Å²) in [7, 11) is 0. The molecule has 0 aliphatic heterocycles. The van der Waals surface area contributed by atoms with Crippen LogP contribution in [0.3, 0.4) is 0 Å². The third-order valence-electron chi connectivity index (χ3n) is 5.98. The van der Waals surface area contributed by atoms with Gasteiger partial charge in [-0.3, -0.25) is 9.59 Å². The van der Waals surface area contributed by atoms with Crippen molar-refractivity contribution in [2.75, 3.05) is 6.61 Å². The van der Waals surface area contributed by atoms with Crippen molar-refractivity contribution in [3.05, 3.63) is 0 Å². The van der Waals surface area contributed by atoms with Crippen LogP contribution in [0, 0.1) is 11.3 Å². The quantitative estimate of drug-likeness (QED) is 0.785. The van der Waals surface area contributed by atoms with Crippen LogP contribution in [0.2, 0.25) is 0 Å².